The fourth-order valence-electron chi connectivity index (χ4n) is 2.91. The molecule has 0 unspecified atom stereocenters. The number of sulfonamides is 1. The van der Waals surface area contributed by atoms with E-state index in [0.29, 0.717) is 11.1 Å². The normalized spacial score (nSPS) is 11.0. The molecule has 0 saturated carbocycles. The minimum absolute atomic E-state index is 0.168. The molecule has 0 aliphatic heterocycles. The molecule has 0 saturated heterocycles. The van der Waals surface area contributed by atoms with Gasteiger partial charge in [0.05, 0.1) is 23.3 Å². The SMILES string of the molecule is COC(=O)c1ccc(CNC(=O)c2cc(S(=O)(=O)Nc3ccccc3F)ccc2C)cc1. The number of nitrogens with one attached hydrogen (secondary N) is 2. The van der Waals surface area contributed by atoms with Crippen LogP contribution in [0.15, 0.2) is 71.6 Å². The van der Waals surface area contributed by atoms with Gasteiger partial charge in [-0.1, -0.05) is 30.3 Å². The van der Waals surface area contributed by atoms with Crippen LogP contribution in [0.3, 0.4) is 0 Å². The third-order valence-corrected chi connectivity index (χ3v) is 6.07. The molecular formula is C23H21FN2O5S. The minimum atomic E-state index is -4.10. The Balaban J connectivity index is 1.75. The van der Waals surface area contributed by atoms with Gasteiger partial charge in [0.1, 0.15) is 5.82 Å². The second kappa shape index (κ2) is 9.61. The van der Waals surface area contributed by atoms with Crippen molar-refractivity contribution in [3.05, 3.63) is 94.8 Å². The molecule has 3 aromatic carbocycles. The van der Waals surface area contributed by atoms with Crippen LogP contribution in [0.25, 0.3) is 0 Å². The molecule has 0 aliphatic carbocycles. The lowest BCUT2D eigenvalue weighted by Gasteiger charge is -2.12. The van der Waals surface area contributed by atoms with E-state index in [2.05, 4.69) is 14.8 Å². The number of ether oxygens (including phenoxy) is 1. The summed E-state index contributed by atoms with van der Waals surface area (Å²) in [5.41, 5.74) is 1.70. The topological polar surface area (TPSA) is 102 Å². The molecule has 3 rings (SSSR count). The molecule has 0 heterocycles. The molecule has 7 nitrogen and oxygen atoms in total. The molecule has 0 atom stereocenters. The lowest BCUT2D eigenvalue weighted by molar-refractivity contribution is 0.0600. The van der Waals surface area contributed by atoms with Crippen molar-refractivity contribution in [2.45, 2.75) is 18.4 Å². The lowest BCUT2D eigenvalue weighted by atomic mass is 10.1. The first kappa shape index (κ1) is 23.0. The molecule has 0 aliphatic rings. The van der Waals surface area contributed by atoms with E-state index in [1.54, 1.807) is 31.2 Å². The number of methoxy groups -OCH3 is 1. The summed E-state index contributed by atoms with van der Waals surface area (Å²) in [6, 6.07) is 16.0. The Labute approximate surface area is 185 Å². The summed E-state index contributed by atoms with van der Waals surface area (Å²) in [7, 11) is -2.81. The van der Waals surface area contributed by atoms with Crippen molar-refractivity contribution in [2.24, 2.45) is 0 Å². The number of rotatable bonds is 7. The van der Waals surface area contributed by atoms with Crippen LogP contribution in [0.2, 0.25) is 0 Å². The van der Waals surface area contributed by atoms with Crippen LogP contribution in [0.1, 0.15) is 31.8 Å². The average molecular weight is 456 g/mol. The summed E-state index contributed by atoms with van der Waals surface area (Å²) < 4.78 is 46.0. The lowest BCUT2D eigenvalue weighted by Crippen LogP contribution is -2.24. The summed E-state index contributed by atoms with van der Waals surface area (Å²) in [6.07, 6.45) is 0. The Morgan fingerprint density at radius 1 is 1.00 bits per heavy atom. The molecule has 9 heteroatoms. The first-order valence-electron chi connectivity index (χ1n) is 9.55. The molecule has 32 heavy (non-hydrogen) atoms. The second-order valence-corrected chi connectivity index (χ2v) is 8.62. The van der Waals surface area contributed by atoms with Crippen molar-refractivity contribution < 1.29 is 27.1 Å². The number of aryl methyl sites for hydroxylation is 1. The number of amides is 1. The van der Waals surface area contributed by atoms with Crippen molar-refractivity contribution in [1.82, 2.24) is 5.32 Å². The molecule has 3 aromatic rings. The summed E-state index contributed by atoms with van der Waals surface area (Å²) in [5.74, 6) is -1.64. The Morgan fingerprint density at radius 3 is 2.34 bits per heavy atom. The van der Waals surface area contributed by atoms with E-state index >= 15 is 0 Å². The molecular weight excluding hydrogens is 435 g/mol. The highest BCUT2D eigenvalue weighted by atomic mass is 32.2. The minimum Gasteiger partial charge on any atom is -0.465 e. The maximum atomic E-state index is 13.8. The van der Waals surface area contributed by atoms with E-state index in [9.17, 15) is 22.4 Å². The van der Waals surface area contributed by atoms with Crippen LogP contribution >= 0.6 is 0 Å². The zero-order chi connectivity index (χ0) is 23.3. The Kier molecular flexibility index (Phi) is 6.89. The van der Waals surface area contributed by atoms with Gasteiger partial charge in [-0.2, -0.15) is 0 Å². The number of carbonyl (C=O) groups excluding carboxylic acids is 2. The second-order valence-electron chi connectivity index (χ2n) is 6.93. The number of halogens is 1. The molecule has 2 N–H and O–H groups in total. The molecule has 0 aromatic heterocycles. The molecule has 1 amide bonds. The predicted octanol–water partition coefficient (Wildman–Crippen LogP) is 3.65. The van der Waals surface area contributed by atoms with Crippen LogP contribution in [0, 0.1) is 12.7 Å². The van der Waals surface area contributed by atoms with Crippen LogP contribution in [-0.2, 0) is 21.3 Å². The summed E-state index contributed by atoms with van der Waals surface area (Å²) in [5, 5.41) is 2.73. The van der Waals surface area contributed by atoms with E-state index in [4.69, 9.17) is 0 Å². The highest BCUT2D eigenvalue weighted by molar-refractivity contribution is 7.92. The number of anilines is 1. The fraction of sp³-hybridized carbons (Fsp3) is 0.130. The summed E-state index contributed by atoms with van der Waals surface area (Å²) in [4.78, 5) is 24.0. The Morgan fingerprint density at radius 2 is 1.69 bits per heavy atom. The van der Waals surface area contributed by atoms with Crippen molar-refractivity contribution in [3.63, 3.8) is 0 Å². The highest BCUT2D eigenvalue weighted by Gasteiger charge is 2.19. The van der Waals surface area contributed by atoms with Crippen LogP contribution in [0.4, 0.5) is 10.1 Å². The molecule has 0 radical (unpaired) electrons. The van der Waals surface area contributed by atoms with E-state index in [-0.39, 0.29) is 22.7 Å². The zero-order valence-corrected chi connectivity index (χ0v) is 18.2. The maximum absolute atomic E-state index is 13.8. The van der Waals surface area contributed by atoms with Crippen LogP contribution in [0.5, 0.6) is 0 Å². The number of benzene rings is 3. The van der Waals surface area contributed by atoms with Gasteiger partial charge in [0.2, 0.25) is 0 Å². The Hall–Kier alpha value is -3.72. The van der Waals surface area contributed by atoms with Gasteiger partial charge in [0.25, 0.3) is 15.9 Å². The maximum Gasteiger partial charge on any atom is 0.337 e. The van der Waals surface area contributed by atoms with Gasteiger partial charge in [0, 0.05) is 12.1 Å². The van der Waals surface area contributed by atoms with Gasteiger partial charge < -0.3 is 10.1 Å². The van der Waals surface area contributed by atoms with Gasteiger partial charge in [-0.3, -0.25) is 9.52 Å². The Bertz CT molecular complexity index is 1260. The largest absolute Gasteiger partial charge is 0.465 e. The van der Waals surface area contributed by atoms with Crippen molar-refractivity contribution in [3.8, 4) is 0 Å². The van der Waals surface area contributed by atoms with E-state index in [1.807, 2.05) is 0 Å². The smallest absolute Gasteiger partial charge is 0.337 e. The van der Waals surface area contributed by atoms with E-state index < -0.39 is 27.7 Å². The van der Waals surface area contributed by atoms with Gasteiger partial charge in [-0.05, 0) is 54.4 Å². The number of para-hydroxylation sites is 1. The molecule has 0 spiro atoms. The van der Waals surface area contributed by atoms with E-state index in [1.165, 1.54) is 43.5 Å². The quantitative estimate of drug-likeness (QED) is 0.529. The number of hydrogen-bond acceptors (Lipinski definition) is 5. The molecule has 0 bridgehead atoms. The van der Waals surface area contributed by atoms with Gasteiger partial charge in [0.15, 0.2) is 0 Å². The van der Waals surface area contributed by atoms with Gasteiger partial charge in [-0.15, -0.1) is 0 Å². The van der Waals surface area contributed by atoms with Gasteiger partial charge >= 0.3 is 5.97 Å². The van der Waals surface area contributed by atoms with Crippen LogP contribution in [-0.4, -0.2) is 27.4 Å². The number of hydrogen-bond donors (Lipinski definition) is 2. The monoisotopic (exact) mass is 456 g/mol. The van der Waals surface area contributed by atoms with Gasteiger partial charge in [-0.25, -0.2) is 17.6 Å². The zero-order valence-electron chi connectivity index (χ0n) is 17.4. The standard InChI is InChI=1S/C23H21FN2O5S/c1-15-7-12-18(32(29,30)26-21-6-4-3-5-20(21)24)13-19(15)22(27)25-14-16-8-10-17(11-9-16)23(28)31-2/h3-13,26H,14H2,1-2H3,(H,25,27). The highest BCUT2D eigenvalue weighted by Crippen LogP contribution is 2.21. The third kappa shape index (κ3) is 5.30. The van der Waals surface area contributed by atoms with Crippen molar-refractivity contribution >= 4 is 27.6 Å². The number of esters is 1. The molecule has 166 valence electrons. The fourth-order valence-corrected chi connectivity index (χ4v) is 4.01. The molecule has 0 fully saturated rings. The van der Waals surface area contributed by atoms with Crippen molar-refractivity contribution in [1.29, 1.82) is 0 Å². The number of carbonyl (C=O) groups is 2. The van der Waals surface area contributed by atoms with E-state index in [0.717, 1.165) is 11.6 Å². The van der Waals surface area contributed by atoms with Crippen LogP contribution < -0.4 is 10.0 Å². The summed E-state index contributed by atoms with van der Waals surface area (Å²) in [6.45, 7) is 1.85. The third-order valence-electron chi connectivity index (χ3n) is 4.71. The summed E-state index contributed by atoms with van der Waals surface area (Å²) >= 11 is 0. The van der Waals surface area contributed by atoms with Crippen molar-refractivity contribution in [2.75, 3.05) is 11.8 Å². The average Bonchev–Trinajstić information content (AvgIpc) is 2.79. The first-order chi connectivity index (χ1) is 15.2. The first-order valence-corrected chi connectivity index (χ1v) is 11.0. The predicted molar refractivity (Wildman–Crippen MR) is 117 cm³/mol.